The average molecular weight is 1210 g/mol. The van der Waals surface area contributed by atoms with Gasteiger partial charge < -0.3 is 85.5 Å². The Kier molecular flexibility index (Phi) is 33.1. The van der Waals surface area contributed by atoms with E-state index in [9.17, 15) is 73.2 Å². The fourth-order valence-electron chi connectivity index (χ4n) is 8.90. The highest BCUT2D eigenvalue weighted by Gasteiger charge is 2.38. The number of unbranched alkanes of at least 4 members (excludes halogenated alkanes) is 2. The summed E-state index contributed by atoms with van der Waals surface area (Å²) in [6.45, 7) is 12.7. The molecule has 86 heavy (non-hydrogen) atoms. The Morgan fingerprint density at radius 1 is 0.442 bits per heavy atom. The average Bonchev–Trinajstić information content (AvgIpc) is 2.71. The molecule has 2 rings (SSSR count). The first-order valence-corrected chi connectivity index (χ1v) is 29.3. The number of phenols is 1. The van der Waals surface area contributed by atoms with Gasteiger partial charge in [0.1, 0.15) is 60.1 Å². The number of nitrogens with one attached hydrogen (secondary N) is 9. The quantitative estimate of drug-likeness (QED) is 0.0359. The summed E-state index contributed by atoms with van der Waals surface area (Å²) in [6.07, 6.45) is 0.813. The summed E-state index contributed by atoms with van der Waals surface area (Å²) in [5.74, 6) is -12.9. The maximum absolute atomic E-state index is 14.7. The van der Waals surface area contributed by atoms with E-state index in [1.807, 2.05) is 0 Å². The number of carbonyl (C=O) groups is 11. The minimum absolute atomic E-state index is 0.0712. The molecular formula is C59H94N12O15. The van der Waals surface area contributed by atoms with Gasteiger partial charge >= 0.3 is 11.9 Å². The van der Waals surface area contributed by atoms with Crippen molar-refractivity contribution in [2.75, 3.05) is 19.7 Å². The van der Waals surface area contributed by atoms with Crippen molar-refractivity contribution >= 4 is 65.1 Å². The normalized spacial score (nSPS) is 15.2. The smallest absolute Gasteiger partial charge is 0.326 e. The third-order valence-electron chi connectivity index (χ3n) is 14.4. The van der Waals surface area contributed by atoms with Crippen LogP contribution in [0.15, 0.2) is 54.6 Å². The number of hydrogen-bond donors (Lipinski definition) is 16. The summed E-state index contributed by atoms with van der Waals surface area (Å²) >= 11 is 0. The molecule has 0 spiro atoms. The van der Waals surface area contributed by atoms with Gasteiger partial charge in [-0.05, 0) is 98.5 Å². The molecule has 0 saturated heterocycles. The van der Waals surface area contributed by atoms with E-state index in [0.717, 1.165) is 0 Å². The first-order chi connectivity index (χ1) is 40.6. The molecule has 0 unspecified atom stereocenters. The second kappa shape index (κ2) is 38.3. The maximum Gasteiger partial charge on any atom is 0.326 e. The third-order valence-corrected chi connectivity index (χ3v) is 14.4. The molecule has 480 valence electrons. The molecule has 0 fully saturated rings. The summed E-state index contributed by atoms with van der Waals surface area (Å²) in [7, 11) is 0. The third kappa shape index (κ3) is 25.8. The molecule has 0 heterocycles. The number of aromatic hydroxyl groups is 1. The van der Waals surface area contributed by atoms with Crippen molar-refractivity contribution in [1.82, 2.24) is 47.9 Å². The lowest BCUT2D eigenvalue weighted by atomic mass is 9.96. The Labute approximate surface area is 503 Å². The van der Waals surface area contributed by atoms with Crippen LogP contribution >= 0.6 is 0 Å². The van der Waals surface area contributed by atoms with Crippen LogP contribution in [0.5, 0.6) is 5.75 Å². The zero-order valence-corrected chi connectivity index (χ0v) is 50.7. The van der Waals surface area contributed by atoms with E-state index in [0.29, 0.717) is 43.4 Å². The number of phenolic OH excluding ortho intramolecular Hbond substituents is 1. The van der Waals surface area contributed by atoms with Crippen LogP contribution in [-0.2, 0) is 65.6 Å². The summed E-state index contributed by atoms with van der Waals surface area (Å²) in [6, 6.07) is 0.485. The van der Waals surface area contributed by atoms with Crippen LogP contribution in [-0.4, -0.2) is 166 Å². The first kappa shape index (κ1) is 74.4. The molecule has 0 saturated carbocycles. The monoisotopic (exact) mass is 1210 g/mol. The Bertz CT molecular complexity index is 2540. The van der Waals surface area contributed by atoms with E-state index >= 15 is 0 Å². The molecule has 11 atom stereocenters. The summed E-state index contributed by atoms with van der Waals surface area (Å²) < 4.78 is 0. The van der Waals surface area contributed by atoms with E-state index in [4.69, 9.17) is 17.2 Å². The number of amides is 9. The Hall–Kier alpha value is -7.75. The molecule has 0 aromatic heterocycles. The fraction of sp³-hybridized carbons (Fsp3) is 0.610. The fourth-order valence-corrected chi connectivity index (χ4v) is 8.90. The van der Waals surface area contributed by atoms with Crippen LogP contribution in [0.4, 0.5) is 0 Å². The zero-order chi connectivity index (χ0) is 64.8. The van der Waals surface area contributed by atoms with Gasteiger partial charge in [-0.1, -0.05) is 111 Å². The van der Waals surface area contributed by atoms with E-state index in [2.05, 4.69) is 47.9 Å². The number of rotatable bonds is 40. The first-order valence-electron chi connectivity index (χ1n) is 29.3. The van der Waals surface area contributed by atoms with Crippen LogP contribution in [0.2, 0.25) is 0 Å². The number of benzene rings is 2. The Morgan fingerprint density at radius 3 is 1.31 bits per heavy atom. The molecule has 2 aromatic rings. The number of nitrogens with two attached hydrogens (primary N) is 3. The van der Waals surface area contributed by atoms with Crippen molar-refractivity contribution in [2.24, 2.45) is 40.9 Å². The molecular weight excluding hydrogens is 1120 g/mol. The van der Waals surface area contributed by atoms with Gasteiger partial charge in [-0.3, -0.25) is 47.9 Å². The molecule has 0 radical (unpaired) electrons. The molecule has 0 aliphatic carbocycles. The van der Waals surface area contributed by atoms with Gasteiger partial charge in [0, 0.05) is 19.3 Å². The van der Waals surface area contributed by atoms with Crippen LogP contribution in [0.3, 0.4) is 0 Å². The highest BCUT2D eigenvalue weighted by molar-refractivity contribution is 5.99. The van der Waals surface area contributed by atoms with Crippen LogP contribution in [0.1, 0.15) is 124 Å². The van der Waals surface area contributed by atoms with Gasteiger partial charge in [0.2, 0.25) is 53.2 Å². The van der Waals surface area contributed by atoms with Gasteiger partial charge in [-0.2, -0.15) is 0 Å². The molecule has 19 N–H and O–H groups in total. The van der Waals surface area contributed by atoms with E-state index in [1.165, 1.54) is 24.3 Å². The van der Waals surface area contributed by atoms with Crippen molar-refractivity contribution in [3.8, 4) is 5.75 Å². The summed E-state index contributed by atoms with van der Waals surface area (Å²) in [5, 5.41) is 62.9. The molecule has 27 nitrogen and oxygen atoms in total. The predicted molar refractivity (Wildman–Crippen MR) is 319 cm³/mol. The standard InChI is InChI=1S/C59H94N12O15/c1-9-35(8)49(71-52(78)40(20-14-16-28-61)63-51(77)41(25-26-45(74)75)64-55(81)44(31-72)67-56(82)46(32(2)3)68-50(76)39(62)19-13-15-27-60)58(84)66-42(29-36-17-11-10-12-18-36)53(79)65-43(30-37-21-23-38(73)24-22-37)54(80)69-47(33(4)5)57(83)70-48(34(6)7)59(85)86/h10-12,17-18,21-24,32-35,39-44,46-49,72-73H,9,13-16,19-20,25-31,60-62H2,1-8H3,(H,63,77)(H,64,81)(H,65,79)(H,66,84)(H,67,82)(H,68,76)(H,69,80)(H,70,83)(H,71,78)(H,74,75)(H,85,86)/t35-,39-,40-,41-,42-,43-,44-,46-,47-,48-,49-/m0/s1. The molecule has 2 aromatic carbocycles. The number of hydrogen-bond acceptors (Lipinski definition) is 16. The number of carboxylic acid groups (broad SMARTS) is 2. The molecule has 27 heteroatoms. The van der Waals surface area contributed by atoms with Gasteiger partial charge in [0.15, 0.2) is 0 Å². The highest BCUT2D eigenvalue weighted by atomic mass is 16.4. The zero-order valence-electron chi connectivity index (χ0n) is 50.7. The highest BCUT2D eigenvalue weighted by Crippen LogP contribution is 2.16. The maximum atomic E-state index is 14.7. The lowest BCUT2D eigenvalue weighted by molar-refractivity contribution is -0.144. The van der Waals surface area contributed by atoms with Gasteiger partial charge in [0.05, 0.1) is 12.6 Å². The van der Waals surface area contributed by atoms with Gasteiger partial charge in [-0.25, -0.2) is 4.79 Å². The van der Waals surface area contributed by atoms with Crippen molar-refractivity contribution < 1.29 is 73.2 Å². The number of carbonyl (C=O) groups excluding carboxylic acids is 9. The Morgan fingerprint density at radius 2 is 0.826 bits per heavy atom. The number of carboxylic acids is 2. The summed E-state index contributed by atoms with van der Waals surface area (Å²) in [4.78, 5) is 150. The lowest BCUT2D eigenvalue weighted by Crippen LogP contribution is -2.62. The van der Waals surface area contributed by atoms with Gasteiger partial charge in [-0.15, -0.1) is 0 Å². The minimum atomic E-state index is -1.72. The summed E-state index contributed by atoms with van der Waals surface area (Å²) in [5.41, 5.74) is 18.4. The number of aliphatic hydroxyl groups is 1. The topological polar surface area (TPSA) is 455 Å². The lowest BCUT2D eigenvalue weighted by Gasteiger charge is -2.30. The van der Waals surface area contributed by atoms with Crippen molar-refractivity contribution in [2.45, 2.75) is 186 Å². The molecule has 0 aliphatic rings. The van der Waals surface area contributed by atoms with Crippen molar-refractivity contribution in [3.63, 3.8) is 0 Å². The second-order valence-electron chi connectivity index (χ2n) is 22.6. The second-order valence-corrected chi connectivity index (χ2v) is 22.6. The number of aliphatic carboxylic acids is 2. The van der Waals surface area contributed by atoms with E-state index in [1.54, 1.807) is 85.7 Å². The van der Waals surface area contributed by atoms with E-state index < -0.39 is 169 Å². The predicted octanol–water partition coefficient (Wildman–Crippen LogP) is -0.918. The molecule has 9 amide bonds. The Balaban J connectivity index is 2.53. The largest absolute Gasteiger partial charge is 0.508 e. The van der Waals surface area contributed by atoms with Crippen molar-refractivity contribution in [3.05, 3.63) is 65.7 Å². The van der Waals surface area contributed by atoms with Crippen molar-refractivity contribution in [1.29, 1.82) is 0 Å². The SMILES string of the molecule is CC[C@H](C)[C@H](NC(=O)[C@H](CCCCN)NC(=O)[C@H](CCC(=O)O)NC(=O)[C@H](CO)NC(=O)[C@@H](NC(=O)[C@@H](N)CCCCN)C(C)C)C(=O)N[C@@H](Cc1ccccc1)C(=O)N[C@@H](Cc1ccc(O)cc1)C(=O)N[C@H](C(=O)N[C@H](C(=O)O)C(C)C)C(C)C. The minimum Gasteiger partial charge on any atom is -0.508 e. The van der Waals surface area contributed by atoms with Crippen LogP contribution in [0, 0.1) is 23.7 Å². The van der Waals surface area contributed by atoms with E-state index in [-0.39, 0.29) is 44.4 Å². The van der Waals surface area contributed by atoms with Crippen LogP contribution in [0.25, 0.3) is 0 Å². The van der Waals surface area contributed by atoms with Crippen LogP contribution < -0.4 is 65.1 Å². The molecule has 0 aliphatic heterocycles. The molecule has 0 bridgehead atoms. The number of aliphatic hydroxyl groups excluding tert-OH is 1. The van der Waals surface area contributed by atoms with Gasteiger partial charge in [0.25, 0.3) is 0 Å².